The molecule has 1 heterocycles. The van der Waals surface area contributed by atoms with E-state index in [1.807, 2.05) is 19.1 Å². The Morgan fingerprint density at radius 2 is 2.12 bits per heavy atom. The van der Waals surface area contributed by atoms with Gasteiger partial charge in [0.05, 0.1) is 5.69 Å². The van der Waals surface area contributed by atoms with Gasteiger partial charge in [0, 0.05) is 23.7 Å². The second kappa shape index (κ2) is 6.21. The normalized spacial score (nSPS) is 10.9. The van der Waals surface area contributed by atoms with E-state index in [0.717, 1.165) is 29.0 Å². The van der Waals surface area contributed by atoms with E-state index in [1.54, 1.807) is 0 Å². The van der Waals surface area contributed by atoms with E-state index in [0.29, 0.717) is 6.04 Å². The largest absolute Gasteiger partial charge is 0.396 e. The fourth-order valence-electron chi connectivity index (χ4n) is 1.57. The van der Waals surface area contributed by atoms with Crippen LogP contribution in [0.15, 0.2) is 16.6 Å². The Morgan fingerprint density at radius 1 is 1.44 bits per heavy atom. The first-order valence-electron chi connectivity index (χ1n) is 5.57. The highest BCUT2D eigenvalue weighted by Gasteiger charge is 2.12. The summed E-state index contributed by atoms with van der Waals surface area (Å²) >= 11 is 3.45. The quantitative estimate of drug-likeness (QED) is 0.904. The van der Waals surface area contributed by atoms with Gasteiger partial charge in [0.1, 0.15) is 5.82 Å². The lowest BCUT2D eigenvalue weighted by atomic mass is 10.2. The van der Waals surface area contributed by atoms with Gasteiger partial charge in [-0.15, -0.1) is 0 Å². The fourth-order valence-corrected chi connectivity index (χ4v) is 1.79. The first-order chi connectivity index (χ1) is 7.56. The van der Waals surface area contributed by atoms with E-state index in [9.17, 15) is 0 Å². The first kappa shape index (κ1) is 13.5. The highest BCUT2D eigenvalue weighted by molar-refractivity contribution is 9.10. The summed E-state index contributed by atoms with van der Waals surface area (Å²) in [5.74, 6) is 0.976. The Morgan fingerprint density at radius 3 is 2.62 bits per heavy atom. The summed E-state index contributed by atoms with van der Waals surface area (Å²) < 4.78 is 1.03. The van der Waals surface area contributed by atoms with E-state index in [1.165, 1.54) is 0 Å². The maximum absolute atomic E-state index is 8.89. The van der Waals surface area contributed by atoms with E-state index in [-0.39, 0.29) is 6.61 Å². The molecule has 1 aromatic heterocycles. The molecule has 0 fully saturated rings. The van der Waals surface area contributed by atoms with Crippen LogP contribution >= 0.6 is 15.9 Å². The summed E-state index contributed by atoms with van der Waals surface area (Å²) in [6.07, 6.45) is 0.773. The molecule has 0 bridgehead atoms. The number of aliphatic hydroxyl groups excluding tert-OH is 1. The van der Waals surface area contributed by atoms with Crippen molar-refractivity contribution < 1.29 is 5.11 Å². The topological polar surface area (TPSA) is 36.4 Å². The molecule has 3 nitrogen and oxygen atoms in total. The van der Waals surface area contributed by atoms with Crippen LogP contribution in [0.4, 0.5) is 5.82 Å². The third-order valence-corrected chi connectivity index (χ3v) is 3.32. The van der Waals surface area contributed by atoms with Gasteiger partial charge in [-0.1, -0.05) is 0 Å². The van der Waals surface area contributed by atoms with Crippen LogP contribution in [-0.2, 0) is 0 Å². The van der Waals surface area contributed by atoms with Crippen molar-refractivity contribution in [3.8, 4) is 0 Å². The molecule has 1 aromatic rings. The van der Waals surface area contributed by atoms with Crippen molar-refractivity contribution in [1.29, 1.82) is 0 Å². The van der Waals surface area contributed by atoms with Gasteiger partial charge in [0.15, 0.2) is 0 Å². The molecule has 1 N–H and O–H groups in total. The van der Waals surface area contributed by atoms with E-state index in [4.69, 9.17) is 5.11 Å². The van der Waals surface area contributed by atoms with Gasteiger partial charge in [-0.05, 0) is 55.3 Å². The van der Waals surface area contributed by atoms with E-state index < -0.39 is 0 Å². The second-order valence-corrected chi connectivity index (χ2v) is 4.96. The molecule has 0 atom stereocenters. The summed E-state index contributed by atoms with van der Waals surface area (Å²) in [7, 11) is 0. The number of hydrogen-bond donors (Lipinski definition) is 1. The number of halogens is 1. The molecule has 90 valence electrons. The Balaban J connectivity index is 2.88. The zero-order valence-corrected chi connectivity index (χ0v) is 11.7. The molecule has 0 spiro atoms. The number of rotatable bonds is 5. The molecule has 0 aromatic carbocycles. The summed E-state index contributed by atoms with van der Waals surface area (Å²) in [6.45, 7) is 7.31. The van der Waals surface area contributed by atoms with Crippen molar-refractivity contribution in [1.82, 2.24) is 4.98 Å². The van der Waals surface area contributed by atoms with Crippen LogP contribution in [0, 0.1) is 6.92 Å². The molecule has 16 heavy (non-hydrogen) atoms. The number of aryl methyl sites for hydroxylation is 1. The van der Waals surface area contributed by atoms with Crippen LogP contribution in [0.1, 0.15) is 26.0 Å². The van der Waals surface area contributed by atoms with Gasteiger partial charge >= 0.3 is 0 Å². The van der Waals surface area contributed by atoms with Gasteiger partial charge < -0.3 is 10.0 Å². The van der Waals surface area contributed by atoms with Crippen LogP contribution < -0.4 is 4.90 Å². The van der Waals surface area contributed by atoms with Crippen LogP contribution in [0.25, 0.3) is 0 Å². The predicted molar refractivity (Wildman–Crippen MR) is 70.9 cm³/mol. The third-order valence-electron chi connectivity index (χ3n) is 2.48. The van der Waals surface area contributed by atoms with Gasteiger partial charge in [-0.2, -0.15) is 0 Å². The first-order valence-corrected chi connectivity index (χ1v) is 6.36. The minimum Gasteiger partial charge on any atom is -0.396 e. The minimum absolute atomic E-state index is 0.221. The zero-order chi connectivity index (χ0) is 12.1. The van der Waals surface area contributed by atoms with Gasteiger partial charge in [-0.3, -0.25) is 0 Å². The third kappa shape index (κ3) is 3.46. The smallest absolute Gasteiger partial charge is 0.129 e. The lowest BCUT2D eigenvalue weighted by Crippen LogP contribution is -2.33. The monoisotopic (exact) mass is 286 g/mol. The van der Waals surface area contributed by atoms with Crippen molar-refractivity contribution in [2.75, 3.05) is 18.1 Å². The summed E-state index contributed by atoms with van der Waals surface area (Å²) in [5, 5.41) is 8.89. The number of hydrogen-bond acceptors (Lipinski definition) is 3. The zero-order valence-electron chi connectivity index (χ0n) is 10.1. The molecule has 1 rings (SSSR count). The highest BCUT2D eigenvalue weighted by atomic mass is 79.9. The molecule has 0 saturated heterocycles. The Bertz CT molecular complexity index is 342. The maximum Gasteiger partial charge on any atom is 0.129 e. The van der Waals surface area contributed by atoms with Crippen molar-refractivity contribution in [3.05, 3.63) is 22.3 Å². The van der Waals surface area contributed by atoms with Crippen molar-refractivity contribution in [2.24, 2.45) is 0 Å². The van der Waals surface area contributed by atoms with Crippen LogP contribution in [0.5, 0.6) is 0 Å². The Hall–Kier alpha value is -0.610. The summed E-state index contributed by atoms with van der Waals surface area (Å²) in [6, 6.07) is 4.42. The molecule has 0 aliphatic rings. The summed E-state index contributed by atoms with van der Waals surface area (Å²) in [4.78, 5) is 6.75. The maximum atomic E-state index is 8.89. The van der Waals surface area contributed by atoms with E-state index >= 15 is 0 Å². The molecule has 0 amide bonds. The standard InChI is InChI=1S/C12H19BrN2O/c1-9(2)15(7-4-8-16)12-6-5-11(13)10(3)14-12/h5-6,9,16H,4,7-8H2,1-3H3. The van der Waals surface area contributed by atoms with Crippen molar-refractivity contribution >= 4 is 21.7 Å². The average Bonchev–Trinajstić information content (AvgIpc) is 2.23. The Labute approximate surface area is 106 Å². The van der Waals surface area contributed by atoms with Gasteiger partial charge in [-0.25, -0.2) is 4.98 Å². The molecule has 0 aliphatic heterocycles. The predicted octanol–water partition coefficient (Wildman–Crippen LogP) is 2.75. The lowest BCUT2D eigenvalue weighted by molar-refractivity contribution is 0.288. The molecule has 0 saturated carbocycles. The van der Waals surface area contributed by atoms with Crippen LogP contribution in [0.2, 0.25) is 0 Å². The lowest BCUT2D eigenvalue weighted by Gasteiger charge is -2.28. The number of aromatic nitrogens is 1. The molecular weight excluding hydrogens is 268 g/mol. The molecular formula is C12H19BrN2O. The number of anilines is 1. The summed E-state index contributed by atoms with van der Waals surface area (Å²) in [5.41, 5.74) is 0.993. The highest BCUT2D eigenvalue weighted by Crippen LogP contribution is 2.20. The van der Waals surface area contributed by atoms with E-state index in [2.05, 4.69) is 39.7 Å². The van der Waals surface area contributed by atoms with Gasteiger partial charge in [0.25, 0.3) is 0 Å². The SMILES string of the molecule is Cc1nc(N(CCCO)C(C)C)ccc1Br. The average molecular weight is 287 g/mol. The fraction of sp³-hybridized carbons (Fsp3) is 0.583. The van der Waals surface area contributed by atoms with Crippen molar-refractivity contribution in [2.45, 2.75) is 33.2 Å². The number of pyridine rings is 1. The minimum atomic E-state index is 0.221. The van der Waals surface area contributed by atoms with Gasteiger partial charge in [0.2, 0.25) is 0 Å². The molecule has 0 aliphatic carbocycles. The van der Waals surface area contributed by atoms with Crippen LogP contribution in [0.3, 0.4) is 0 Å². The Kier molecular flexibility index (Phi) is 5.22. The number of aliphatic hydroxyl groups is 1. The van der Waals surface area contributed by atoms with Crippen LogP contribution in [-0.4, -0.2) is 29.3 Å². The molecule has 4 heteroatoms. The molecule has 0 radical (unpaired) electrons. The molecule has 0 unspecified atom stereocenters. The van der Waals surface area contributed by atoms with Crippen molar-refractivity contribution in [3.63, 3.8) is 0 Å². The second-order valence-electron chi connectivity index (χ2n) is 4.10. The number of nitrogens with zero attached hydrogens (tertiary/aromatic N) is 2.